The zero-order chi connectivity index (χ0) is 13.8. The second-order valence-electron chi connectivity index (χ2n) is 4.63. The molecule has 18 heavy (non-hydrogen) atoms. The van der Waals surface area contributed by atoms with Crippen molar-refractivity contribution in [3.63, 3.8) is 0 Å². The average molecular weight is 278 g/mol. The lowest BCUT2D eigenvalue weighted by Gasteiger charge is -2.36. The third-order valence-electron chi connectivity index (χ3n) is 3.07. The number of hydrogen-bond donors (Lipinski definition) is 3. The van der Waals surface area contributed by atoms with Gasteiger partial charge in [-0.05, 0) is 12.8 Å². The predicted molar refractivity (Wildman–Crippen MR) is 64.4 cm³/mol. The summed E-state index contributed by atoms with van der Waals surface area (Å²) in [5.41, 5.74) is -0.908. The number of nitrogens with one attached hydrogen (secondary N) is 2. The highest BCUT2D eigenvalue weighted by atomic mass is 32.2. The Kier molecular flexibility index (Phi) is 4.69. The van der Waals surface area contributed by atoms with Crippen LogP contribution in [0.2, 0.25) is 0 Å². The first-order valence-electron chi connectivity index (χ1n) is 5.70. The van der Waals surface area contributed by atoms with Crippen LogP contribution in [0.1, 0.15) is 25.7 Å². The number of carboxylic acid groups (broad SMARTS) is 1. The van der Waals surface area contributed by atoms with E-state index in [1.165, 1.54) is 0 Å². The summed E-state index contributed by atoms with van der Waals surface area (Å²) in [5.74, 6) is -1.29. The van der Waals surface area contributed by atoms with E-state index in [-0.39, 0.29) is 25.4 Å². The third-order valence-corrected chi connectivity index (χ3v) is 3.80. The molecule has 8 heteroatoms. The van der Waals surface area contributed by atoms with Crippen LogP contribution in [0.5, 0.6) is 0 Å². The molecule has 3 N–H and O–H groups in total. The van der Waals surface area contributed by atoms with Gasteiger partial charge in [-0.2, -0.15) is 0 Å². The Morgan fingerprint density at radius 3 is 2.28 bits per heavy atom. The topological polar surface area (TPSA) is 113 Å². The molecule has 0 aromatic carbocycles. The van der Waals surface area contributed by atoms with Crippen molar-refractivity contribution < 1.29 is 23.1 Å². The molecule has 0 atom stereocenters. The fraction of sp³-hybridized carbons (Fsp3) is 0.800. The third kappa shape index (κ3) is 4.26. The van der Waals surface area contributed by atoms with Crippen molar-refractivity contribution in [2.24, 2.45) is 5.41 Å². The molecule has 0 aliphatic heterocycles. The van der Waals surface area contributed by atoms with Crippen LogP contribution in [0.3, 0.4) is 0 Å². The van der Waals surface area contributed by atoms with E-state index in [9.17, 15) is 18.0 Å². The van der Waals surface area contributed by atoms with Gasteiger partial charge in [-0.1, -0.05) is 6.42 Å². The fourth-order valence-corrected chi connectivity index (χ4v) is 2.35. The number of carbonyl (C=O) groups is 2. The van der Waals surface area contributed by atoms with Gasteiger partial charge < -0.3 is 10.4 Å². The van der Waals surface area contributed by atoms with Gasteiger partial charge in [0.2, 0.25) is 15.9 Å². The minimum absolute atomic E-state index is 0.0405. The van der Waals surface area contributed by atoms with Crippen molar-refractivity contribution in [1.29, 1.82) is 0 Å². The highest BCUT2D eigenvalue weighted by Gasteiger charge is 2.45. The summed E-state index contributed by atoms with van der Waals surface area (Å²) >= 11 is 0. The van der Waals surface area contributed by atoms with Crippen LogP contribution in [0.4, 0.5) is 0 Å². The van der Waals surface area contributed by atoms with Crippen molar-refractivity contribution in [2.75, 3.05) is 19.3 Å². The molecule has 0 aromatic rings. The molecule has 1 saturated carbocycles. The average Bonchev–Trinajstić information content (AvgIpc) is 2.16. The van der Waals surface area contributed by atoms with Gasteiger partial charge in [-0.25, -0.2) is 13.1 Å². The Labute approximate surface area is 106 Å². The van der Waals surface area contributed by atoms with Gasteiger partial charge in [0.25, 0.3) is 0 Å². The summed E-state index contributed by atoms with van der Waals surface area (Å²) in [4.78, 5) is 22.6. The molecule has 0 saturated heterocycles. The van der Waals surface area contributed by atoms with Crippen molar-refractivity contribution in [3.05, 3.63) is 0 Å². The van der Waals surface area contributed by atoms with Crippen LogP contribution in [-0.2, 0) is 19.6 Å². The summed E-state index contributed by atoms with van der Waals surface area (Å²) in [6.45, 7) is 0.256. The monoisotopic (exact) mass is 278 g/mol. The Hall–Kier alpha value is -1.15. The van der Waals surface area contributed by atoms with Gasteiger partial charge in [0, 0.05) is 19.5 Å². The molecular weight excluding hydrogens is 260 g/mol. The Balaban J connectivity index is 2.28. The van der Waals surface area contributed by atoms with E-state index in [1.807, 2.05) is 0 Å². The van der Waals surface area contributed by atoms with E-state index >= 15 is 0 Å². The van der Waals surface area contributed by atoms with Crippen LogP contribution < -0.4 is 10.0 Å². The number of carboxylic acids is 1. The Bertz CT molecular complexity index is 428. The number of carbonyl (C=O) groups excluding carboxylic acids is 1. The first-order chi connectivity index (χ1) is 8.25. The smallest absolute Gasteiger partial charge is 0.310 e. The molecule has 1 fully saturated rings. The first kappa shape index (κ1) is 14.9. The fourth-order valence-electron chi connectivity index (χ4n) is 1.88. The second kappa shape index (κ2) is 5.66. The molecular formula is C10H18N2O5S. The highest BCUT2D eigenvalue weighted by molar-refractivity contribution is 7.88. The zero-order valence-corrected chi connectivity index (χ0v) is 11.0. The molecule has 1 amide bonds. The highest BCUT2D eigenvalue weighted by Crippen LogP contribution is 2.44. The van der Waals surface area contributed by atoms with E-state index in [0.29, 0.717) is 12.8 Å². The quantitative estimate of drug-likeness (QED) is 0.533. The maximum Gasteiger partial charge on any atom is 0.310 e. The van der Waals surface area contributed by atoms with Crippen molar-refractivity contribution in [3.8, 4) is 0 Å². The second-order valence-corrected chi connectivity index (χ2v) is 6.47. The number of amides is 1. The summed E-state index contributed by atoms with van der Waals surface area (Å²) < 4.78 is 23.7. The molecule has 0 unspecified atom stereocenters. The lowest BCUT2D eigenvalue weighted by molar-refractivity contribution is -0.157. The van der Waals surface area contributed by atoms with Crippen molar-refractivity contribution in [1.82, 2.24) is 10.0 Å². The van der Waals surface area contributed by atoms with Crippen molar-refractivity contribution in [2.45, 2.75) is 25.7 Å². The lowest BCUT2D eigenvalue weighted by atomic mass is 9.66. The minimum Gasteiger partial charge on any atom is -0.481 e. The normalized spacial score (nSPS) is 17.8. The summed E-state index contributed by atoms with van der Waals surface area (Å²) in [6, 6.07) is 0. The summed E-state index contributed by atoms with van der Waals surface area (Å²) in [5, 5.41) is 11.5. The zero-order valence-electron chi connectivity index (χ0n) is 10.2. The molecule has 1 aliphatic carbocycles. The van der Waals surface area contributed by atoms with Crippen LogP contribution >= 0.6 is 0 Å². The maximum absolute atomic E-state index is 11.5. The maximum atomic E-state index is 11.5. The first-order valence-corrected chi connectivity index (χ1v) is 7.59. The van der Waals surface area contributed by atoms with E-state index < -0.39 is 21.4 Å². The van der Waals surface area contributed by atoms with Gasteiger partial charge >= 0.3 is 5.97 Å². The molecule has 0 aromatic heterocycles. The van der Waals surface area contributed by atoms with E-state index in [1.54, 1.807) is 0 Å². The molecule has 1 rings (SSSR count). The van der Waals surface area contributed by atoms with Gasteiger partial charge in [0.05, 0.1) is 11.7 Å². The standard InChI is InChI=1S/C10H18N2O5S/c1-18(16,17)12-6-5-11-8(13)7-10(9(14)15)3-2-4-10/h12H,2-7H2,1H3,(H,11,13)(H,14,15). The number of aliphatic carboxylic acids is 1. The number of rotatable bonds is 7. The molecule has 7 nitrogen and oxygen atoms in total. The predicted octanol–water partition coefficient (Wildman–Crippen LogP) is -0.703. The lowest BCUT2D eigenvalue weighted by Crippen LogP contribution is -2.43. The Morgan fingerprint density at radius 2 is 1.89 bits per heavy atom. The molecule has 0 bridgehead atoms. The molecule has 0 spiro atoms. The molecule has 104 valence electrons. The van der Waals surface area contributed by atoms with Gasteiger partial charge in [-0.3, -0.25) is 9.59 Å². The van der Waals surface area contributed by atoms with Crippen LogP contribution in [0.15, 0.2) is 0 Å². The largest absolute Gasteiger partial charge is 0.481 e. The van der Waals surface area contributed by atoms with E-state index in [2.05, 4.69) is 10.0 Å². The van der Waals surface area contributed by atoms with Crippen LogP contribution in [0, 0.1) is 5.41 Å². The molecule has 0 heterocycles. The SMILES string of the molecule is CS(=O)(=O)NCCNC(=O)CC1(C(=O)O)CCC1. The van der Waals surface area contributed by atoms with Gasteiger partial charge in [0.1, 0.15) is 0 Å². The molecule has 1 aliphatic rings. The Morgan fingerprint density at radius 1 is 1.28 bits per heavy atom. The number of sulfonamides is 1. The summed E-state index contributed by atoms with van der Waals surface area (Å²) in [6.07, 6.45) is 2.87. The molecule has 0 radical (unpaired) electrons. The van der Waals surface area contributed by atoms with Gasteiger partial charge in [-0.15, -0.1) is 0 Å². The van der Waals surface area contributed by atoms with Crippen LogP contribution in [-0.4, -0.2) is 44.7 Å². The van der Waals surface area contributed by atoms with E-state index in [0.717, 1.165) is 12.7 Å². The van der Waals surface area contributed by atoms with Crippen molar-refractivity contribution >= 4 is 21.9 Å². The van der Waals surface area contributed by atoms with Crippen LogP contribution in [0.25, 0.3) is 0 Å². The number of hydrogen-bond acceptors (Lipinski definition) is 4. The van der Waals surface area contributed by atoms with E-state index in [4.69, 9.17) is 5.11 Å². The van der Waals surface area contributed by atoms with Gasteiger partial charge in [0.15, 0.2) is 0 Å². The summed E-state index contributed by atoms with van der Waals surface area (Å²) in [7, 11) is -3.26. The minimum atomic E-state index is -3.26.